The van der Waals surface area contributed by atoms with Crippen molar-refractivity contribution in [3.63, 3.8) is 0 Å². The summed E-state index contributed by atoms with van der Waals surface area (Å²) in [7, 11) is 0. The minimum absolute atomic E-state index is 2.40. The first kappa shape index (κ1) is 18.1. The topological polar surface area (TPSA) is 29.5 Å². The lowest BCUT2D eigenvalue weighted by Crippen LogP contribution is -2.67. The lowest BCUT2D eigenvalue weighted by atomic mass is 9.98. The Morgan fingerprint density at radius 3 is 1.26 bits per heavy atom. The molecule has 0 saturated carbocycles. The van der Waals surface area contributed by atoms with Crippen molar-refractivity contribution in [3.8, 4) is 0 Å². The van der Waals surface area contributed by atoms with Gasteiger partial charge in [0, 0.05) is 0 Å². The maximum absolute atomic E-state index is 12.5. The van der Waals surface area contributed by atoms with E-state index in [1.54, 1.807) is 0 Å². The minimum Gasteiger partial charge on any atom is -0.252 e. The second-order valence-electron chi connectivity index (χ2n) is 3.20. The molecule has 13 heteroatoms. The second kappa shape index (κ2) is 4.61. The van der Waals surface area contributed by atoms with E-state index in [0.717, 1.165) is 0 Å². The Hall–Kier alpha value is -0.850. The number of hydrogen-bond donors (Lipinski definition) is 1. The Morgan fingerprint density at radius 2 is 1.00 bits per heavy atom. The molecule has 0 radical (unpaired) electrons. The monoisotopic (exact) mass is 316 g/mol. The largest absolute Gasteiger partial charge is 0.460 e. The molecule has 0 aliphatic carbocycles. The van der Waals surface area contributed by atoms with E-state index in [1.807, 2.05) is 0 Å². The molecule has 1 N–H and O–H groups in total. The van der Waals surface area contributed by atoms with Crippen molar-refractivity contribution in [3.05, 3.63) is 0 Å². The van der Waals surface area contributed by atoms with Gasteiger partial charge in [-0.1, -0.05) is 0 Å². The molecule has 0 rings (SSSR count). The zero-order valence-electron chi connectivity index (χ0n) is 8.22. The van der Waals surface area contributed by atoms with Gasteiger partial charge < -0.3 is 0 Å². The van der Waals surface area contributed by atoms with Crippen molar-refractivity contribution in [1.29, 1.82) is 0 Å². The Morgan fingerprint density at radius 1 is 0.632 bits per heavy atom. The van der Waals surface area contributed by atoms with Crippen LogP contribution in [0.4, 0.5) is 48.3 Å². The molecule has 116 valence electrons. The molecule has 0 aromatic rings. The van der Waals surface area contributed by atoms with Gasteiger partial charge in [-0.25, -0.2) is 4.89 Å². The summed E-state index contributed by atoms with van der Waals surface area (Å²) in [5.74, 6) is -28.2. The van der Waals surface area contributed by atoms with E-state index in [-0.39, 0.29) is 0 Å². The van der Waals surface area contributed by atoms with Crippen molar-refractivity contribution in [1.82, 2.24) is 0 Å². The van der Waals surface area contributed by atoms with Crippen molar-refractivity contribution < 1.29 is 58.4 Å². The van der Waals surface area contributed by atoms with Crippen LogP contribution in [0.5, 0.6) is 0 Å². The van der Waals surface area contributed by atoms with Crippen LogP contribution in [0.3, 0.4) is 0 Å². The minimum atomic E-state index is -7.47. The van der Waals surface area contributed by atoms with Crippen LogP contribution in [0.15, 0.2) is 0 Å². The van der Waals surface area contributed by atoms with Crippen LogP contribution < -0.4 is 0 Å². The van der Waals surface area contributed by atoms with Crippen LogP contribution in [0.2, 0.25) is 0 Å². The van der Waals surface area contributed by atoms with Crippen LogP contribution in [0, 0.1) is 0 Å². The van der Waals surface area contributed by atoms with E-state index >= 15 is 0 Å². The van der Waals surface area contributed by atoms with Crippen LogP contribution in [0.1, 0.15) is 0 Å². The maximum atomic E-state index is 12.5. The molecule has 0 amide bonds. The van der Waals surface area contributed by atoms with Gasteiger partial charge in [-0.05, 0) is 0 Å². The smallest absolute Gasteiger partial charge is 0.252 e. The van der Waals surface area contributed by atoms with E-state index in [1.165, 1.54) is 0 Å². The predicted molar refractivity (Wildman–Crippen MR) is 34.4 cm³/mol. The number of halogens is 11. The molecule has 2 nitrogen and oxygen atoms in total. The molecular formula is C6H3F11O2. The fourth-order valence-electron chi connectivity index (χ4n) is 0.777. The standard InChI is InChI=1S/C6H3F11O2/c7-2(8,1-19-18)3(9,10)4(11,12)5(13,14)6(15,16)17/h18H,1H2. The van der Waals surface area contributed by atoms with Gasteiger partial charge in [-0.3, -0.25) is 5.26 Å². The van der Waals surface area contributed by atoms with Crippen LogP contribution in [0.25, 0.3) is 0 Å². The van der Waals surface area contributed by atoms with E-state index in [4.69, 9.17) is 5.26 Å². The molecule has 0 unspecified atom stereocenters. The van der Waals surface area contributed by atoms with Gasteiger partial charge in [-0.15, -0.1) is 0 Å². The van der Waals surface area contributed by atoms with E-state index < -0.39 is 36.5 Å². The first-order valence-electron chi connectivity index (χ1n) is 3.90. The highest BCUT2D eigenvalue weighted by molar-refractivity contribution is 5.06. The summed E-state index contributed by atoms with van der Waals surface area (Å²) in [6.45, 7) is -2.91. The second-order valence-corrected chi connectivity index (χ2v) is 3.20. The molecule has 19 heavy (non-hydrogen) atoms. The highest BCUT2D eigenvalue weighted by Gasteiger charge is 2.87. The fourth-order valence-corrected chi connectivity index (χ4v) is 0.777. The van der Waals surface area contributed by atoms with E-state index in [0.29, 0.717) is 0 Å². The van der Waals surface area contributed by atoms with Crippen molar-refractivity contribution in [2.24, 2.45) is 0 Å². The summed E-state index contributed by atoms with van der Waals surface area (Å²) in [6, 6.07) is 0. The lowest BCUT2D eigenvalue weighted by molar-refractivity contribution is -0.431. The van der Waals surface area contributed by atoms with Gasteiger partial charge >= 0.3 is 29.9 Å². The molecule has 0 heterocycles. The Kier molecular flexibility index (Phi) is 4.40. The summed E-state index contributed by atoms with van der Waals surface area (Å²) >= 11 is 0. The van der Waals surface area contributed by atoms with Crippen molar-refractivity contribution in [2.75, 3.05) is 6.61 Å². The fraction of sp³-hybridized carbons (Fsp3) is 1.00. The average molecular weight is 316 g/mol. The highest BCUT2D eigenvalue weighted by Crippen LogP contribution is 2.57. The van der Waals surface area contributed by atoms with Gasteiger partial charge in [0.15, 0.2) is 6.61 Å². The molecule has 0 atom stereocenters. The number of alkyl halides is 11. The van der Waals surface area contributed by atoms with Gasteiger partial charge in [0.25, 0.3) is 0 Å². The summed E-state index contributed by atoms with van der Waals surface area (Å²) < 4.78 is 134. The van der Waals surface area contributed by atoms with Gasteiger partial charge in [0.1, 0.15) is 0 Å². The molecule has 0 aliphatic rings. The van der Waals surface area contributed by atoms with Crippen LogP contribution in [-0.2, 0) is 4.89 Å². The summed E-state index contributed by atoms with van der Waals surface area (Å²) in [4.78, 5) is 2.40. The maximum Gasteiger partial charge on any atom is 0.460 e. The van der Waals surface area contributed by atoms with Crippen molar-refractivity contribution >= 4 is 0 Å². The number of rotatable bonds is 5. The molecule has 0 spiro atoms. The zero-order chi connectivity index (χ0) is 15.9. The first-order valence-corrected chi connectivity index (χ1v) is 3.90. The zero-order valence-corrected chi connectivity index (χ0v) is 8.22. The summed E-state index contributed by atoms with van der Waals surface area (Å²) in [5, 5.41) is 7.43. The van der Waals surface area contributed by atoms with Crippen LogP contribution >= 0.6 is 0 Å². The Bertz CT molecular complexity index is 320. The third kappa shape index (κ3) is 2.57. The van der Waals surface area contributed by atoms with E-state index in [9.17, 15) is 48.3 Å². The molecule has 0 saturated heterocycles. The Labute approximate surface area is 96.2 Å². The molecular weight excluding hydrogens is 313 g/mol. The molecule has 0 fully saturated rings. The lowest BCUT2D eigenvalue weighted by Gasteiger charge is -2.36. The van der Waals surface area contributed by atoms with Crippen molar-refractivity contribution in [2.45, 2.75) is 29.9 Å². The molecule has 0 bridgehead atoms. The third-order valence-electron chi connectivity index (χ3n) is 1.85. The van der Waals surface area contributed by atoms with Gasteiger partial charge in [0.05, 0.1) is 0 Å². The predicted octanol–water partition coefficient (Wildman–Crippen LogP) is 3.58. The highest BCUT2D eigenvalue weighted by atomic mass is 19.4. The molecule has 0 aliphatic heterocycles. The SMILES string of the molecule is OOCC(F)(F)C(F)(F)C(F)(F)C(F)(F)C(F)(F)F. The van der Waals surface area contributed by atoms with Crippen LogP contribution in [-0.4, -0.2) is 41.7 Å². The average Bonchev–Trinajstić information content (AvgIpc) is 2.14. The number of hydrogen-bond acceptors (Lipinski definition) is 2. The Balaban J connectivity index is 5.77. The molecule has 0 aromatic carbocycles. The van der Waals surface area contributed by atoms with Gasteiger partial charge in [-0.2, -0.15) is 48.3 Å². The quantitative estimate of drug-likeness (QED) is 0.477. The third-order valence-corrected chi connectivity index (χ3v) is 1.85. The van der Waals surface area contributed by atoms with Gasteiger partial charge in [0.2, 0.25) is 0 Å². The van der Waals surface area contributed by atoms with E-state index in [2.05, 4.69) is 4.89 Å². The summed E-state index contributed by atoms with van der Waals surface area (Å²) in [6.07, 6.45) is -7.20. The first-order chi connectivity index (χ1) is 8.06. The normalized spacial score (nSPS) is 15.8. The summed E-state index contributed by atoms with van der Waals surface area (Å²) in [5.41, 5.74) is 0. The molecule has 0 aromatic heterocycles.